The summed E-state index contributed by atoms with van der Waals surface area (Å²) in [4.78, 5) is 28.0. The number of nitrogens with one attached hydrogen (secondary N) is 2. The van der Waals surface area contributed by atoms with Crippen LogP contribution in [0, 0.1) is 6.92 Å². The molecule has 9 heteroatoms. The third-order valence-corrected chi connectivity index (χ3v) is 6.03. The smallest absolute Gasteiger partial charge is 0.253 e. The Morgan fingerprint density at radius 3 is 2.59 bits per heavy atom. The van der Waals surface area contributed by atoms with Gasteiger partial charge in [0.25, 0.3) is 5.91 Å². The molecular formula is C23H28ClN7O. The van der Waals surface area contributed by atoms with Gasteiger partial charge in [0.1, 0.15) is 11.5 Å². The summed E-state index contributed by atoms with van der Waals surface area (Å²) in [6.07, 6.45) is 4.35. The summed E-state index contributed by atoms with van der Waals surface area (Å²) in [6.45, 7) is 7.66. The molecule has 3 heterocycles. The Kier molecular flexibility index (Phi) is 6.43. The van der Waals surface area contributed by atoms with Gasteiger partial charge in [0.2, 0.25) is 5.95 Å². The number of aromatic nitrogens is 4. The molecule has 1 aromatic carbocycles. The van der Waals surface area contributed by atoms with Crippen molar-refractivity contribution >= 4 is 29.1 Å². The fourth-order valence-corrected chi connectivity index (χ4v) is 4.26. The number of halogens is 1. The molecule has 1 saturated heterocycles. The molecule has 3 aromatic rings. The van der Waals surface area contributed by atoms with Crippen molar-refractivity contribution in [3.63, 3.8) is 0 Å². The third kappa shape index (κ3) is 4.47. The number of anilines is 2. The van der Waals surface area contributed by atoms with Gasteiger partial charge < -0.3 is 20.1 Å². The van der Waals surface area contributed by atoms with Gasteiger partial charge >= 0.3 is 0 Å². The Labute approximate surface area is 193 Å². The van der Waals surface area contributed by atoms with Crippen molar-refractivity contribution < 1.29 is 4.79 Å². The first-order valence-electron chi connectivity index (χ1n) is 10.8. The molecular weight excluding hydrogens is 426 g/mol. The van der Waals surface area contributed by atoms with Crippen molar-refractivity contribution in [3.05, 3.63) is 53.1 Å². The average molecular weight is 454 g/mol. The van der Waals surface area contributed by atoms with Crippen LogP contribution in [-0.2, 0) is 0 Å². The molecule has 168 valence electrons. The van der Waals surface area contributed by atoms with Crippen LogP contribution in [-0.4, -0.2) is 56.5 Å². The Morgan fingerprint density at radius 2 is 1.94 bits per heavy atom. The summed E-state index contributed by atoms with van der Waals surface area (Å²) >= 11 is 6.42. The van der Waals surface area contributed by atoms with Crippen LogP contribution in [0.5, 0.6) is 0 Å². The highest BCUT2D eigenvalue weighted by atomic mass is 35.5. The number of carbonyl (C=O) groups excluding carboxylic acids is 1. The minimum Gasteiger partial charge on any atom is -0.337 e. The molecule has 0 bridgehead atoms. The number of likely N-dealkylation sites (tertiary alicyclic amines) is 1. The molecule has 32 heavy (non-hydrogen) atoms. The lowest BCUT2D eigenvalue weighted by Crippen LogP contribution is -2.33. The number of amides is 1. The molecule has 8 nitrogen and oxygen atoms in total. The van der Waals surface area contributed by atoms with Gasteiger partial charge in [-0.2, -0.15) is 0 Å². The SMILES string of the molecule is CN[C@@H]1CCN(C(=O)c2ccc(Nc3ncc(Cl)c(-c4cnc(C)n4C(C)C)n3)cc2)C1. The topological polar surface area (TPSA) is 88.0 Å². The number of imidazole rings is 1. The lowest BCUT2D eigenvalue weighted by molar-refractivity contribution is 0.0789. The highest BCUT2D eigenvalue weighted by Gasteiger charge is 2.25. The quantitative estimate of drug-likeness (QED) is 0.585. The Morgan fingerprint density at radius 1 is 1.19 bits per heavy atom. The zero-order chi connectivity index (χ0) is 22.8. The first-order valence-corrected chi connectivity index (χ1v) is 11.2. The number of rotatable bonds is 6. The van der Waals surface area contributed by atoms with E-state index in [1.807, 2.05) is 43.1 Å². The minimum absolute atomic E-state index is 0.0525. The van der Waals surface area contributed by atoms with Crippen molar-refractivity contribution in [2.75, 3.05) is 25.5 Å². The third-order valence-electron chi connectivity index (χ3n) is 5.76. The van der Waals surface area contributed by atoms with E-state index in [0.717, 1.165) is 36.7 Å². The lowest BCUT2D eigenvalue weighted by atomic mass is 10.2. The van der Waals surface area contributed by atoms with Crippen LogP contribution in [0.1, 0.15) is 42.5 Å². The van der Waals surface area contributed by atoms with Crippen LogP contribution < -0.4 is 10.6 Å². The maximum Gasteiger partial charge on any atom is 0.253 e. The summed E-state index contributed by atoms with van der Waals surface area (Å²) in [5.74, 6) is 1.38. The van der Waals surface area contributed by atoms with Crippen molar-refractivity contribution in [3.8, 4) is 11.4 Å². The predicted octanol–water partition coefficient (Wildman–Crippen LogP) is 4.06. The molecule has 1 aliphatic heterocycles. The van der Waals surface area contributed by atoms with Crippen molar-refractivity contribution in [1.29, 1.82) is 0 Å². The zero-order valence-electron chi connectivity index (χ0n) is 18.8. The second kappa shape index (κ2) is 9.26. The number of hydrogen-bond acceptors (Lipinski definition) is 6. The van der Waals surface area contributed by atoms with Crippen molar-refractivity contribution in [2.45, 2.75) is 39.3 Å². The molecule has 2 N–H and O–H groups in total. The zero-order valence-corrected chi connectivity index (χ0v) is 19.5. The molecule has 1 aliphatic rings. The highest BCUT2D eigenvalue weighted by molar-refractivity contribution is 6.32. The maximum atomic E-state index is 12.7. The first-order chi connectivity index (χ1) is 15.4. The summed E-state index contributed by atoms with van der Waals surface area (Å²) in [5.41, 5.74) is 2.93. The number of nitrogens with zero attached hydrogens (tertiary/aromatic N) is 5. The second-order valence-corrected chi connectivity index (χ2v) is 8.68. The van der Waals surface area contributed by atoms with E-state index in [-0.39, 0.29) is 11.9 Å². The summed E-state index contributed by atoms with van der Waals surface area (Å²) in [6, 6.07) is 7.96. The molecule has 4 rings (SSSR count). The first kappa shape index (κ1) is 22.2. The largest absolute Gasteiger partial charge is 0.337 e. The van der Waals surface area contributed by atoms with E-state index in [1.54, 1.807) is 12.4 Å². The molecule has 0 aliphatic carbocycles. The average Bonchev–Trinajstić information content (AvgIpc) is 3.42. The number of hydrogen-bond donors (Lipinski definition) is 2. The van der Waals surface area contributed by atoms with E-state index in [9.17, 15) is 4.79 Å². The van der Waals surface area contributed by atoms with E-state index < -0.39 is 0 Å². The van der Waals surface area contributed by atoms with Crippen LogP contribution in [0.4, 0.5) is 11.6 Å². The monoisotopic (exact) mass is 453 g/mol. The molecule has 1 atom stereocenters. The van der Waals surface area contributed by atoms with Crippen LogP contribution >= 0.6 is 11.6 Å². The molecule has 0 spiro atoms. The van der Waals surface area contributed by atoms with Gasteiger partial charge in [-0.25, -0.2) is 15.0 Å². The molecule has 1 fully saturated rings. The van der Waals surface area contributed by atoms with Crippen LogP contribution in [0.3, 0.4) is 0 Å². The van der Waals surface area contributed by atoms with Crippen LogP contribution in [0.25, 0.3) is 11.4 Å². The fraction of sp³-hybridized carbons (Fsp3) is 0.391. The summed E-state index contributed by atoms with van der Waals surface area (Å²) in [5, 5.41) is 6.90. The van der Waals surface area contributed by atoms with Gasteiger partial charge in [-0.15, -0.1) is 0 Å². The molecule has 0 radical (unpaired) electrons. The molecule has 0 unspecified atom stereocenters. The minimum atomic E-state index is 0.0525. The Balaban J connectivity index is 1.52. The second-order valence-electron chi connectivity index (χ2n) is 8.27. The number of likely N-dealkylation sites (N-methyl/N-ethyl adjacent to an activating group) is 1. The molecule has 1 amide bonds. The Bertz CT molecular complexity index is 1110. The maximum absolute atomic E-state index is 12.7. The van der Waals surface area contributed by atoms with Gasteiger partial charge in [-0.05, 0) is 58.5 Å². The van der Waals surface area contributed by atoms with Gasteiger partial charge in [-0.3, -0.25) is 4.79 Å². The number of carbonyl (C=O) groups is 1. The van der Waals surface area contributed by atoms with Gasteiger partial charge in [0.15, 0.2) is 0 Å². The summed E-state index contributed by atoms with van der Waals surface area (Å²) < 4.78 is 2.09. The fourth-order valence-electron chi connectivity index (χ4n) is 4.08. The van der Waals surface area contributed by atoms with E-state index in [2.05, 4.69) is 44.0 Å². The lowest BCUT2D eigenvalue weighted by Gasteiger charge is -2.17. The predicted molar refractivity (Wildman–Crippen MR) is 126 cm³/mol. The number of aryl methyl sites for hydroxylation is 1. The van der Waals surface area contributed by atoms with Crippen molar-refractivity contribution in [1.82, 2.24) is 29.7 Å². The summed E-state index contributed by atoms with van der Waals surface area (Å²) in [7, 11) is 1.93. The van der Waals surface area contributed by atoms with Gasteiger partial charge in [-0.1, -0.05) is 11.6 Å². The van der Waals surface area contributed by atoms with Gasteiger partial charge in [0.05, 0.1) is 23.1 Å². The standard InChI is InChI=1S/C23H28ClN7O/c1-14(2)31-15(3)26-12-20(31)21-19(24)11-27-23(29-21)28-17-7-5-16(6-8-17)22(32)30-10-9-18(13-30)25-4/h5-8,11-12,14,18,25H,9-10,13H2,1-4H3,(H,27,28,29)/t18-/m1/s1. The van der Waals surface area contributed by atoms with Crippen LogP contribution in [0.2, 0.25) is 5.02 Å². The van der Waals surface area contributed by atoms with E-state index in [0.29, 0.717) is 28.3 Å². The van der Waals surface area contributed by atoms with E-state index in [1.165, 1.54) is 0 Å². The Hall–Kier alpha value is -2.97. The van der Waals surface area contributed by atoms with Crippen LogP contribution in [0.15, 0.2) is 36.7 Å². The van der Waals surface area contributed by atoms with Crippen molar-refractivity contribution in [2.24, 2.45) is 0 Å². The molecule has 0 saturated carbocycles. The highest BCUT2D eigenvalue weighted by Crippen LogP contribution is 2.30. The molecule has 2 aromatic heterocycles. The number of benzene rings is 1. The normalized spacial score (nSPS) is 16.1. The van der Waals surface area contributed by atoms with E-state index in [4.69, 9.17) is 11.6 Å². The van der Waals surface area contributed by atoms with E-state index >= 15 is 0 Å². The van der Waals surface area contributed by atoms with Gasteiger partial charge in [0, 0.05) is 36.4 Å².